The van der Waals surface area contributed by atoms with Gasteiger partial charge in [-0.2, -0.15) is 5.10 Å². The predicted molar refractivity (Wildman–Crippen MR) is 98.1 cm³/mol. The fourth-order valence-corrected chi connectivity index (χ4v) is 3.63. The minimum Gasteiger partial charge on any atom is -0.481 e. The van der Waals surface area contributed by atoms with Crippen LogP contribution in [0.5, 0.6) is 0 Å². The van der Waals surface area contributed by atoms with Crippen molar-refractivity contribution in [2.75, 3.05) is 7.05 Å². The summed E-state index contributed by atoms with van der Waals surface area (Å²) in [5.74, 6) is -1.90. The number of aromatic nitrogens is 2. The monoisotopic (exact) mass is 355 g/mol. The van der Waals surface area contributed by atoms with Crippen LogP contribution >= 0.6 is 0 Å². The molecule has 1 N–H and O–H groups in total. The number of hydrogen-bond donors (Lipinski definition) is 1. The average molecular weight is 355 g/mol. The highest BCUT2D eigenvalue weighted by Gasteiger charge is 2.42. The summed E-state index contributed by atoms with van der Waals surface area (Å²) in [5, 5.41) is 13.8. The minimum absolute atomic E-state index is 0.0916. The molecule has 0 radical (unpaired) electrons. The van der Waals surface area contributed by atoms with E-state index in [4.69, 9.17) is 0 Å². The van der Waals surface area contributed by atoms with Gasteiger partial charge in [-0.1, -0.05) is 18.2 Å². The molecule has 1 amide bonds. The lowest BCUT2D eigenvalue weighted by Gasteiger charge is -2.35. The van der Waals surface area contributed by atoms with E-state index < -0.39 is 17.8 Å². The number of carbonyl (C=O) groups excluding carboxylic acids is 1. The van der Waals surface area contributed by atoms with Crippen LogP contribution in [0.25, 0.3) is 5.69 Å². The van der Waals surface area contributed by atoms with E-state index in [1.807, 2.05) is 49.7 Å². The molecule has 1 aliphatic rings. The summed E-state index contributed by atoms with van der Waals surface area (Å²) >= 11 is 0. The van der Waals surface area contributed by atoms with Crippen LogP contribution in [0.15, 0.2) is 24.3 Å². The smallest absolute Gasteiger partial charge is 0.307 e. The lowest BCUT2D eigenvalue weighted by atomic mass is 9.73. The molecule has 138 valence electrons. The Labute approximate surface area is 153 Å². The molecular formula is C20H25N3O3. The van der Waals surface area contributed by atoms with Gasteiger partial charge in [0.15, 0.2) is 0 Å². The zero-order chi connectivity index (χ0) is 19.0. The Morgan fingerprint density at radius 1 is 1.19 bits per heavy atom. The van der Waals surface area contributed by atoms with Crippen LogP contribution in [0.4, 0.5) is 0 Å². The molecular weight excluding hydrogens is 330 g/mol. The van der Waals surface area contributed by atoms with E-state index in [-0.39, 0.29) is 5.91 Å². The summed E-state index contributed by atoms with van der Waals surface area (Å²) < 4.78 is 1.92. The van der Waals surface area contributed by atoms with E-state index in [9.17, 15) is 14.7 Å². The van der Waals surface area contributed by atoms with E-state index in [2.05, 4.69) is 5.10 Å². The van der Waals surface area contributed by atoms with Gasteiger partial charge in [0.2, 0.25) is 5.91 Å². The van der Waals surface area contributed by atoms with Crippen LogP contribution in [0, 0.1) is 32.6 Å². The first-order valence-electron chi connectivity index (χ1n) is 8.90. The first-order valence-corrected chi connectivity index (χ1v) is 8.90. The largest absolute Gasteiger partial charge is 0.481 e. The van der Waals surface area contributed by atoms with E-state index in [1.165, 1.54) is 0 Å². The molecule has 3 rings (SSSR count). The molecule has 1 aromatic heterocycles. The van der Waals surface area contributed by atoms with E-state index in [1.54, 1.807) is 11.9 Å². The van der Waals surface area contributed by atoms with Gasteiger partial charge in [-0.25, -0.2) is 4.68 Å². The molecule has 1 saturated carbocycles. The maximum atomic E-state index is 12.6. The molecule has 6 nitrogen and oxygen atoms in total. The molecule has 6 heteroatoms. The molecule has 2 aromatic rings. The molecule has 26 heavy (non-hydrogen) atoms. The molecule has 0 aliphatic heterocycles. The Morgan fingerprint density at radius 2 is 1.85 bits per heavy atom. The van der Waals surface area contributed by atoms with Gasteiger partial charge in [-0.3, -0.25) is 9.59 Å². The molecule has 0 bridgehead atoms. The third kappa shape index (κ3) is 3.11. The second kappa shape index (κ2) is 6.94. The number of nitrogens with zero attached hydrogens (tertiary/aromatic N) is 3. The Morgan fingerprint density at radius 3 is 2.42 bits per heavy atom. The number of hydrogen-bond acceptors (Lipinski definition) is 3. The number of aryl methyl sites for hydroxylation is 2. The molecule has 1 aliphatic carbocycles. The van der Waals surface area contributed by atoms with Gasteiger partial charge >= 0.3 is 5.97 Å². The van der Waals surface area contributed by atoms with Crippen molar-refractivity contribution in [1.82, 2.24) is 14.7 Å². The summed E-state index contributed by atoms with van der Waals surface area (Å²) in [4.78, 5) is 25.5. The van der Waals surface area contributed by atoms with Crippen LogP contribution in [-0.2, 0) is 16.1 Å². The van der Waals surface area contributed by atoms with Gasteiger partial charge < -0.3 is 10.0 Å². The summed E-state index contributed by atoms with van der Waals surface area (Å²) in [6.07, 6.45) is 1.24. The van der Waals surface area contributed by atoms with Crippen molar-refractivity contribution in [3.05, 3.63) is 46.8 Å². The van der Waals surface area contributed by atoms with Crippen molar-refractivity contribution in [2.45, 2.75) is 40.2 Å². The van der Waals surface area contributed by atoms with Gasteiger partial charge in [0, 0.05) is 24.8 Å². The standard InChI is InChI=1S/C20H25N3O3/c1-12-7-5-6-8-18(12)23-14(3)17(13(2)21-23)11-22(4)19(24)15-9-10-16(15)20(25)26/h5-8,15-16H,9-11H2,1-4H3,(H,25,26). The van der Waals surface area contributed by atoms with Gasteiger partial charge in [-0.05, 0) is 45.2 Å². The van der Waals surface area contributed by atoms with Crippen LogP contribution in [0.3, 0.4) is 0 Å². The number of carboxylic acids is 1. The zero-order valence-corrected chi connectivity index (χ0v) is 15.7. The quantitative estimate of drug-likeness (QED) is 0.895. The van der Waals surface area contributed by atoms with Crippen molar-refractivity contribution in [3.63, 3.8) is 0 Å². The van der Waals surface area contributed by atoms with Crippen molar-refractivity contribution >= 4 is 11.9 Å². The number of aliphatic carboxylic acids is 1. The number of carbonyl (C=O) groups is 2. The van der Waals surface area contributed by atoms with E-state index >= 15 is 0 Å². The first-order chi connectivity index (χ1) is 12.3. The normalized spacial score (nSPS) is 19.1. The van der Waals surface area contributed by atoms with E-state index in [0.29, 0.717) is 19.4 Å². The molecule has 0 saturated heterocycles. The summed E-state index contributed by atoms with van der Waals surface area (Å²) in [5.41, 5.74) is 5.05. The van der Waals surface area contributed by atoms with Crippen molar-refractivity contribution < 1.29 is 14.7 Å². The SMILES string of the molecule is Cc1ccccc1-n1nc(C)c(CN(C)C(=O)C2CCC2C(=O)O)c1C. The minimum atomic E-state index is -0.872. The topological polar surface area (TPSA) is 75.4 Å². The van der Waals surface area contributed by atoms with Gasteiger partial charge in [0.1, 0.15) is 0 Å². The highest BCUT2D eigenvalue weighted by molar-refractivity contribution is 5.86. The molecule has 1 heterocycles. The Kier molecular flexibility index (Phi) is 4.85. The highest BCUT2D eigenvalue weighted by Crippen LogP contribution is 2.36. The molecule has 2 unspecified atom stereocenters. The maximum absolute atomic E-state index is 12.6. The van der Waals surface area contributed by atoms with Crippen LogP contribution in [0.2, 0.25) is 0 Å². The van der Waals surface area contributed by atoms with Crippen molar-refractivity contribution in [2.24, 2.45) is 11.8 Å². The third-order valence-electron chi connectivity index (χ3n) is 5.47. The fourth-order valence-electron chi connectivity index (χ4n) is 3.63. The molecule has 2 atom stereocenters. The number of carboxylic acid groups (broad SMARTS) is 1. The summed E-state index contributed by atoms with van der Waals surface area (Å²) in [6.45, 7) is 6.43. The first kappa shape index (κ1) is 18.2. The van der Waals surface area contributed by atoms with Crippen LogP contribution in [-0.4, -0.2) is 38.7 Å². The number of amides is 1. The third-order valence-corrected chi connectivity index (χ3v) is 5.47. The highest BCUT2D eigenvalue weighted by atomic mass is 16.4. The second-order valence-electron chi connectivity index (χ2n) is 7.17. The molecule has 0 spiro atoms. The second-order valence-corrected chi connectivity index (χ2v) is 7.17. The van der Waals surface area contributed by atoms with Crippen molar-refractivity contribution in [3.8, 4) is 5.69 Å². The summed E-state index contributed by atoms with van der Waals surface area (Å²) in [6, 6.07) is 8.05. The van der Waals surface area contributed by atoms with Gasteiger partial charge in [-0.15, -0.1) is 0 Å². The predicted octanol–water partition coefficient (Wildman–Crippen LogP) is 2.87. The lowest BCUT2D eigenvalue weighted by molar-refractivity contribution is -0.156. The zero-order valence-electron chi connectivity index (χ0n) is 15.7. The molecule has 1 aromatic carbocycles. The fraction of sp³-hybridized carbons (Fsp3) is 0.450. The van der Waals surface area contributed by atoms with E-state index in [0.717, 1.165) is 28.2 Å². The Balaban J connectivity index is 1.81. The Hall–Kier alpha value is -2.63. The van der Waals surface area contributed by atoms with Crippen molar-refractivity contribution in [1.29, 1.82) is 0 Å². The lowest BCUT2D eigenvalue weighted by Crippen LogP contribution is -2.44. The van der Waals surface area contributed by atoms with Gasteiger partial charge in [0.25, 0.3) is 0 Å². The van der Waals surface area contributed by atoms with Crippen LogP contribution in [0.1, 0.15) is 35.4 Å². The average Bonchev–Trinajstić information content (AvgIpc) is 2.81. The number of benzene rings is 1. The van der Waals surface area contributed by atoms with Gasteiger partial charge in [0.05, 0.1) is 23.2 Å². The number of para-hydroxylation sites is 1. The number of rotatable bonds is 5. The maximum Gasteiger partial charge on any atom is 0.307 e. The Bertz CT molecular complexity index is 856. The summed E-state index contributed by atoms with van der Waals surface area (Å²) in [7, 11) is 1.74. The molecule has 1 fully saturated rings. The van der Waals surface area contributed by atoms with Crippen LogP contribution < -0.4 is 0 Å².